The molecule has 1 aromatic heterocycles. The average Bonchev–Trinajstić information content (AvgIpc) is 3.18. The third kappa shape index (κ3) is 5.58. The SMILES string of the molecule is CC(NC(=O)C1CCCCC1)c1nc2ccccc2n1CCOc1ccc(C(C)(C)C)cc1. The maximum atomic E-state index is 12.8. The Morgan fingerprint density at radius 2 is 1.79 bits per heavy atom. The van der Waals surface area contributed by atoms with Crippen molar-refractivity contribution in [1.82, 2.24) is 14.9 Å². The molecule has 1 heterocycles. The van der Waals surface area contributed by atoms with Crippen molar-refractivity contribution in [2.75, 3.05) is 6.61 Å². The highest BCUT2D eigenvalue weighted by molar-refractivity contribution is 5.80. The molecule has 0 saturated heterocycles. The smallest absolute Gasteiger partial charge is 0.223 e. The van der Waals surface area contributed by atoms with Crippen molar-refractivity contribution in [3.8, 4) is 5.75 Å². The Labute approximate surface area is 197 Å². The zero-order valence-corrected chi connectivity index (χ0v) is 20.4. The highest BCUT2D eigenvalue weighted by Crippen LogP contribution is 2.27. The molecule has 1 aliphatic carbocycles. The number of hydrogen-bond acceptors (Lipinski definition) is 3. The summed E-state index contributed by atoms with van der Waals surface area (Å²) >= 11 is 0. The molecule has 2 aromatic carbocycles. The van der Waals surface area contributed by atoms with Gasteiger partial charge in [0.1, 0.15) is 18.2 Å². The molecule has 1 fully saturated rings. The van der Waals surface area contributed by atoms with Gasteiger partial charge in [0.05, 0.1) is 23.6 Å². The van der Waals surface area contributed by atoms with Crippen LogP contribution < -0.4 is 10.1 Å². The lowest BCUT2D eigenvalue weighted by Crippen LogP contribution is -2.35. The van der Waals surface area contributed by atoms with Gasteiger partial charge < -0.3 is 14.6 Å². The van der Waals surface area contributed by atoms with E-state index < -0.39 is 0 Å². The van der Waals surface area contributed by atoms with Crippen molar-refractivity contribution >= 4 is 16.9 Å². The Kier molecular flexibility index (Phi) is 7.06. The first-order valence-electron chi connectivity index (χ1n) is 12.3. The molecule has 3 aromatic rings. The van der Waals surface area contributed by atoms with Crippen LogP contribution in [0.25, 0.3) is 11.0 Å². The summed E-state index contributed by atoms with van der Waals surface area (Å²) in [6.45, 7) is 9.87. The third-order valence-electron chi connectivity index (χ3n) is 6.71. The lowest BCUT2D eigenvalue weighted by Gasteiger charge is -2.23. The number of carbonyl (C=O) groups is 1. The van der Waals surface area contributed by atoms with Gasteiger partial charge in [-0.1, -0.05) is 64.3 Å². The lowest BCUT2D eigenvalue weighted by molar-refractivity contribution is -0.126. The molecular formula is C28H37N3O2. The van der Waals surface area contributed by atoms with Crippen molar-refractivity contribution in [3.63, 3.8) is 0 Å². The summed E-state index contributed by atoms with van der Waals surface area (Å²) in [6, 6.07) is 16.3. The van der Waals surface area contributed by atoms with E-state index in [2.05, 4.69) is 48.9 Å². The van der Waals surface area contributed by atoms with Gasteiger partial charge >= 0.3 is 0 Å². The van der Waals surface area contributed by atoms with Crippen molar-refractivity contribution in [2.45, 2.75) is 77.8 Å². The fraction of sp³-hybridized carbons (Fsp3) is 0.500. The molecule has 1 saturated carbocycles. The Hall–Kier alpha value is -2.82. The maximum Gasteiger partial charge on any atom is 0.223 e. The quantitative estimate of drug-likeness (QED) is 0.471. The van der Waals surface area contributed by atoms with E-state index in [4.69, 9.17) is 9.72 Å². The lowest BCUT2D eigenvalue weighted by atomic mass is 9.87. The van der Waals surface area contributed by atoms with Crippen molar-refractivity contribution in [3.05, 3.63) is 59.9 Å². The second-order valence-electron chi connectivity index (χ2n) is 10.3. The van der Waals surface area contributed by atoms with Crippen LogP contribution >= 0.6 is 0 Å². The zero-order chi connectivity index (χ0) is 23.4. The molecule has 0 spiro atoms. The van der Waals surface area contributed by atoms with E-state index >= 15 is 0 Å². The highest BCUT2D eigenvalue weighted by Gasteiger charge is 2.25. The van der Waals surface area contributed by atoms with Crippen LogP contribution in [0.3, 0.4) is 0 Å². The monoisotopic (exact) mass is 447 g/mol. The second kappa shape index (κ2) is 9.98. The van der Waals surface area contributed by atoms with Crippen LogP contribution in [0.4, 0.5) is 0 Å². The Morgan fingerprint density at radius 1 is 1.09 bits per heavy atom. The second-order valence-corrected chi connectivity index (χ2v) is 10.3. The minimum Gasteiger partial charge on any atom is -0.492 e. The van der Waals surface area contributed by atoms with Gasteiger partial charge in [0.15, 0.2) is 0 Å². The number of carbonyl (C=O) groups excluding carboxylic acids is 1. The Balaban J connectivity index is 1.46. The van der Waals surface area contributed by atoms with Crippen molar-refractivity contribution < 1.29 is 9.53 Å². The minimum atomic E-state index is -0.155. The van der Waals surface area contributed by atoms with Crippen LogP contribution in [0.15, 0.2) is 48.5 Å². The van der Waals surface area contributed by atoms with Crippen molar-refractivity contribution in [2.24, 2.45) is 5.92 Å². The van der Waals surface area contributed by atoms with Gasteiger partial charge in [-0.2, -0.15) is 0 Å². The summed E-state index contributed by atoms with van der Waals surface area (Å²) in [5.74, 6) is 2.05. The number of hydrogen-bond donors (Lipinski definition) is 1. The molecule has 1 unspecified atom stereocenters. The van der Waals surface area contributed by atoms with E-state index in [1.807, 2.05) is 37.3 Å². The van der Waals surface area contributed by atoms with E-state index in [0.29, 0.717) is 13.2 Å². The first kappa shape index (κ1) is 23.3. The number of rotatable bonds is 7. The summed E-state index contributed by atoms with van der Waals surface area (Å²) < 4.78 is 8.26. The molecule has 0 bridgehead atoms. The number of fused-ring (bicyclic) bond motifs is 1. The number of para-hydroxylation sites is 2. The number of amides is 1. The summed E-state index contributed by atoms with van der Waals surface area (Å²) in [6.07, 6.45) is 5.54. The molecule has 1 aliphatic rings. The van der Waals surface area contributed by atoms with Crippen LogP contribution in [0.5, 0.6) is 5.75 Å². The molecule has 4 rings (SSSR count). The molecule has 1 N–H and O–H groups in total. The predicted octanol–water partition coefficient (Wildman–Crippen LogP) is 6.17. The number of nitrogens with one attached hydrogen (secondary N) is 1. The van der Waals surface area contributed by atoms with E-state index in [1.165, 1.54) is 12.0 Å². The number of imidazole rings is 1. The van der Waals surface area contributed by atoms with Crippen LogP contribution in [-0.4, -0.2) is 22.1 Å². The molecule has 176 valence electrons. The first-order chi connectivity index (χ1) is 15.8. The summed E-state index contributed by atoms with van der Waals surface area (Å²) in [4.78, 5) is 17.7. The van der Waals surface area contributed by atoms with Gasteiger partial charge in [0.25, 0.3) is 0 Å². The summed E-state index contributed by atoms with van der Waals surface area (Å²) in [7, 11) is 0. The average molecular weight is 448 g/mol. The van der Waals surface area contributed by atoms with Crippen LogP contribution in [-0.2, 0) is 16.8 Å². The minimum absolute atomic E-state index is 0.126. The summed E-state index contributed by atoms with van der Waals surface area (Å²) in [5, 5.41) is 3.23. The van der Waals surface area contributed by atoms with Crippen LogP contribution in [0.2, 0.25) is 0 Å². The topological polar surface area (TPSA) is 56.2 Å². The molecule has 5 nitrogen and oxygen atoms in total. The molecule has 1 amide bonds. The van der Waals surface area contributed by atoms with Gasteiger partial charge in [-0.3, -0.25) is 4.79 Å². The van der Waals surface area contributed by atoms with E-state index in [-0.39, 0.29) is 23.3 Å². The Bertz CT molecular complexity index is 1070. The molecule has 0 radical (unpaired) electrons. The van der Waals surface area contributed by atoms with Crippen molar-refractivity contribution in [1.29, 1.82) is 0 Å². The van der Waals surface area contributed by atoms with Gasteiger partial charge in [0.2, 0.25) is 5.91 Å². The van der Waals surface area contributed by atoms with Gasteiger partial charge in [-0.25, -0.2) is 4.98 Å². The maximum absolute atomic E-state index is 12.8. The van der Waals surface area contributed by atoms with Gasteiger partial charge in [-0.15, -0.1) is 0 Å². The molecule has 1 atom stereocenters. The molecular weight excluding hydrogens is 410 g/mol. The van der Waals surface area contributed by atoms with E-state index in [1.54, 1.807) is 0 Å². The fourth-order valence-corrected chi connectivity index (χ4v) is 4.73. The number of aromatic nitrogens is 2. The highest BCUT2D eigenvalue weighted by atomic mass is 16.5. The standard InChI is InChI=1S/C28H37N3O2/c1-20(29-27(32)21-10-6-5-7-11-21)26-30-24-12-8-9-13-25(24)31(26)18-19-33-23-16-14-22(15-17-23)28(2,3)4/h8-9,12-17,20-21H,5-7,10-11,18-19H2,1-4H3,(H,29,32). The number of ether oxygens (including phenoxy) is 1. The largest absolute Gasteiger partial charge is 0.492 e. The van der Waals surface area contributed by atoms with Gasteiger partial charge in [-0.05, 0) is 55.0 Å². The molecule has 33 heavy (non-hydrogen) atoms. The van der Waals surface area contributed by atoms with E-state index in [0.717, 1.165) is 48.3 Å². The predicted molar refractivity (Wildman–Crippen MR) is 134 cm³/mol. The van der Waals surface area contributed by atoms with Crippen LogP contribution in [0, 0.1) is 5.92 Å². The van der Waals surface area contributed by atoms with E-state index in [9.17, 15) is 4.79 Å². The molecule has 5 heteroatoms. The fourth-order valence-electron chi connectivity index (χ4n) is 4.73. The normalized spacial score (nSPS) is 16.0. The first-order valence-corrected chi connectivity index (χ1v) is 12.3. The van der Waals surface area contributed by atoms with Crippen LogP contribution in [0.1, 0.15) is 77.2 Å². The number of nitrogens with zero attached hydrogens (tertiary/aromatic N) is 2. The van der Waals surface area contributed by atoms with Gasteiger partial charge in [0, 0.05) is 5.92 Å². The number of benzene rings is 2. The molecule has 0 aliphatic heterocycles. The third-order valence-corrected chi connectivity index (χ3v) is 6.71. The zero-order valence-electron chi connectivity index (χ0n) is 20.4. The summed E-state index contributed by atoms with van der Waals surface area (Å²) in [5.41, 5.74) is 3.43. The Morgan fingerprint density at radius 3 is 2.48 bits per heavy atom.